The van der Waals surface area contributed by atoms with Crippen LogP contribution in [0, 0.1) is 0 Å². The first kappa shape index (κ1) is 15.1. The van der Waals surface area contributed by atoms with Crippen LogP contribution < -0.4 is 20.1 Å². The van der Waals surface area contributed by atoms with Crippen LogP contribution in [0.5, 0.6) is 11.5 Å². The molecule has 0 spiro atoms. The van der Waals surface area contributed by atoms with Crippen LogP contribution in [0.2, 0.25) is 0 Å². The van der Waals surface area contributed by atoms with Crippen LogP contribution in [0.3, 0.4) is 0 Å². The monoisotopic (exact) mass is 293 g/mol. The minimum Gasteiger partial charge on any atom is -0.454 e. The first-order chi connectivity index (χ1) is 10.1. The molecule has 1 aliphatic rings. The first-order valence-electron chi connectivity index (χ1n) is 6.70. The third-order valence-electron chi connectivity index (χ3n) is 2.90. The van der Waals surface area contributed by atoms with Gasteiger partial charge in [0.1, 0.15) is 0 Å². The maximum absolute atomic E-state index is 11.7. The summed E-state index contributed by atoms with van der Waals surface area (Å²) in [7, 11) is 3.91. The van der Waals surface area contributed by atoms with Crippen LogP contribution in [0.15, 0.2) is 18.2 Å². The molecule has 0 fully saturated rings. The second-order valence-electron chi connectivity index (χ2n) is 4.93. The van der Waals surface area contributed by atoms with Crippen molar-refractivity contribution in [2.75, 3.05) is 39.3 Å². The summed E-state index contributed by atoms with van der Waals surface area (Å²) < 4.78 is 10.4. The Morgan fingerprint density at radius 3 is 2.71 bits per heavy atom. The average Bonchev–Trinajstić information content (AvgIpc) is 2.90. The number of ether oxygens (including phenoxy) is 2. The second kappa shape index (κ2) is 6.94. The van der Waals surface area contributed by atoms with E-state index in [1.807, 2.05) is 19.0 Å². The van der Waals surface area contributed by atoms with E-state index in [9.17, 15) is 9.59 Å². The highest BCUT2D eigenvalue weighted by Crippen LogP contribution is 2.34. The van der Waals surface area contributed by atoms with Crippen LogP contribution in [0.25, 0.3) is 0 Å². The Bertz CT molecular complexity index is 531. The largest absolute Gasteiger partial charge is 0.454 e. The molecule has 7 nitrogen and oxygen atoms in total. The summed E-state index contributed by atoms with van der Waals surface area (Å²) in [6.45, 7) is 1.48. The van der Waals surface area contributed by atoms with Crippen molar-refractivity contribution in [3.05, 3.63) is 18.2 Å². The summed E-state index contributed by atoms with van der Waals surface area (Å²) in [6, 6.07) is 4.97. The Morgan fingerprint density at radius 2 is 1.95 bits per heavy atom. The number of nitrogens with one attached hydrogen (secondary N) is 2. The lowest BCUT2D eigenvalue weighted by molar-refractivity contribution is -0.136. The molecule has 1 heterocycles. The van der Waals surface area contributed by atoms with E-state index in [4.69, 9.17) is 9.47 Å². The number of nitrogens with zero attached hydrogens (tertiary/aromatic N) is 1. The zero-order valence-electron chi connectivity index (χ0n) is 12.1. The summed E-state index contributed by atoms with van der Waals surface area (Å²) in [5, 5.41) is 5.10. The van der Waals surface area contributed by atoms with Crippen molar-refractivity contribution in [1.82, 2.24) is 10.2 Å². The molecular formula is C14H19N3O4. The van der Waals surface area contributed by atoms with Gasteiger partial charge in [-0.25, -0.2) is 0 Å². The van der Waals surface area contributed by atoms with Gasteiger partial charge in [-0.3, -0.25) is 9.59 Å². The van der Waals surface area contributed by atoms with Gasteiger partial charge < -0.3 is 25.0 Å². The Balaban J connectivity index is 1.79. The molecule has 0 aromatic heterocycles. The third kappa shape index (κ3) is 4.35. The fourth-order valence-electron chi connectivity index (χ4n) is 1.84. The summed E-state index contributed by atoms with van der Waals surface area (Å²) in [5.41, 5.74) is 0.493. The molecule has 2 N–H and O–H groups in total. The molecule has 0 saturated carbocycles. The van der Waals surface area contributed by atoms with Crippen molar-refractivity contribution in [3.8, 4) is 11.5 Å². The van der Waals surface area contributed by atoms with E-state index >= 15 is 0 Å². The predicted octanol–water partition coefficient (Wildman–Crippen LogP) is 0.422. The number of fused-ring (bicyclic) bond motifs is 1. The number of rotatable bonds is 5. The molecule has 0 radical (unpaired) electrons. The zero-order valence-corrected chi connectivity index (χ0v) is 12.1. The number of hydrogen-bond acceptors (Lipinski definition) is 5. The van der Waals surface area contributed by atoms with Gasteiger partial charge in [0.25, 0.3) is 0 Å². The summed E-state index contributed by atoms with van der Waals surface area (Å²) in [6.07, 6.45) is 0.788. The maximum atomic E-state index is 11.7. The molecule has 0 atom stereocenters. The maximum Gasteiger partial charge on any atom is 0.313 e. The Labute approximate surface area is 123 Å². The molecule has 0 saturated heterocycles. The Hall–Kier alpha value is -2.28. The topological polar surface area (TPSA) is 79.9 Å². The van der Waals surface area contributed by atoms with Gasteiger partial charge in [0.15, 0.2) is 11.5 Å². The fraction of sp³-hybridized carbons (Fsp3) is 0.429. The van der Waals surface area contributed by atoms with Crippen LogP contribution >= 0.6 is 0 Å². The van der Waals surface area contributed by atoms with E-state index < -0.39 is 11.8 Å². The standard InChI is InChI=1S/C14H19N3O4/c1-17(2)7-3-6-15-13(18)14(19)16-10-4-5-11-12(8-10)21-9-20-11/h4-5,8H,3,6-7,9H2,1-2H3,(H,15,18)(H,16,19). The van der Waals surface area contributed by atoms with Gasteiger partial charge in [-0.05, 0) is 39.2 Å². The normalized spacial score (nSPS) is 12.3. The number of anilines is 1. The molecule has 2 rings (SSSR count). The molecule has 21 heavy (non-hydrogen) atoms. The molecule has 1 aromatic carbocycles. The molecule has 2 amide bonds. The summed E-state index contributed by atoms with van der Waals surface area (Å²) >= 11 is 0. The molecule has 0 bridgehead atoms. The number of benzene rings is 1. The van der Waals surface area contributed by atoms with Gasteiger partial charge in [0.2, 0.25) is 6.79 Å². The molecule has 1 aliphatic heterocycles. The lowest BCUT2D eigenvalue weighted by Crippen LogP contribution is -2.36. The van der Waals surface area contributed by atoms with Crippen molar-refractivity contribution in [3.63, 3.8) is 0 Å². The first-order valence-corrected chi connectivity index (χ1v) is 6.70. The smallest absolute Gasteiger partial charge is 0.313 e. The van der Waals surface area contributed by atoms with Gasteiger partial charge in [0, 0.05) is 18.3 Å². The minimum atomic E-state index is -0.696. The number of hydrogen-bond donors (Lipinski definition) is 2. The number of amides is 2. The molecule has 0 aliphatic carbocycles. The predicted molar refractivity (Wildman–Crippen MR) is 77.4 cm³/mol. The van der Waals surface area contributed by atoms with Crippen LogP contribution in [-0.4, -0.2) is 50.7 Å². The lowest BCUT2D eigenvalue weighted by Gasteiger charge is -2.10. The van der Waals surface area contributed by atoms with Crippen LogP contribution in [-0.2, 0) is 9.59 Å². The SMILES string of the molecule is CN(C)CCCNC(=O)C(=O)Nc1ccc2c(c1)OCO2. The zero-order chi connectivity index (χ0) is 15.2. The molecule has 7 heteroatoms. The van der Waals surface area contributed by atoms with Crippen molar-refractivity contribution >= 4 is 17.5 Å². The van der Waals surface area contributed by atoms with Gasteiger partial charge in [-0.15, -0.1) is 0 Å². The van der Waals surface area contributed by atoms with E-state index in [-0.39, 0.29) is 6.79 Å². The van der Waals surface area contributed by atoms with E-state index in [0.29, 0.717) is 23.7 Å². The fourth-order valence-corrected chi connectivity index (χ4v) is 1.84. The second-order valence-corrected chi connectivity index (χ2v) is 4.93. The van der Waals surface area contributed by atoms with Crippen molar-refractivity contribution in [2.45, 2.75) is 6.42 Å². The molecule has 0 unspecified atom stereocenters. The van der Waals surface area contributed by atoms with E-state index in [1.54, 1.807) is 18.2 Å². The van der Waals surface area contributed by atoms with Crippen molar-refractivity contribution < 1.29 is 19.1 Å². The Morgan fingerprint density at radius 1 is 1.19 bits per heavy atom. The third-order valence-corrected chi connectivity index (χ3v) is 2.90. The molecular weight excluding hydrogens is 274 g/mol. The number of carbonyl (C=O) groups is 2. The lowest BCUT2D eigenvalue weighted by atomic mass is 10.2. The molecule has 114 valence electrons. The Kier molecular flexibility index (Phi) is 4.99. The quantitative estimate of drug-likeness (QED) is 0.607. The van der Waals surface area contributed by atoms with Crippen LogP contribution in [0.1, 0.15) is 6.42 Å². The van der Waals surface area contributed by atoms with Gasteiger partial charge in [-0.1, -0.05) is 0 Å². The van der Waals surface area contributed by atoms with E-state index in [0.717, 1.165) is 13.0 Å². The van der Waals surface area contributed by atoms with Crippen LogP contribution in [0.4, 0.5) is 5.69 Å². The van der Waals surface area contributed by atoms with E-state index in [2.05, 4.69) is 10.6 Å². The number of carbonyl (C=O) groups excluding carboxylic acids is 2. The van der Waals surface area contributed by atoms with Gasteiger partial charge >= 0.3 is 11.8 Å². The minimum absolute atomic E-state index is 0.166. The van der Waals surface area contributed by atoms with Gasteiger partial charge in [-0.2, -0.15) is 0 Å². The summed E-state index contributed by atoms with van der Waals surface area (Å²) in [4.78, 5) is 25.4. The highest BCUT2D eigenvalue weighted by atomic mass is 16.7. The average molecular weight is 293 g/mol. The van der Waals surface area contributed by atoms with Crippen molar-refractivity contribution in [2.24, 2.45) is 0 Å². The van der Waals surface area contributed by atoms with Crippen molar-refractivity contribution in [1.29, 1.82) is 0 Å². The molecule has 1 aromatic rings. The van der Waals surface area contributed by atoms with Gasteiger partial charge in [0.05, 0.1) is 0 Å². The summed E-state index contributed by atoms with van der Waals surface area (Å²) in [5.74, 6) is -0.162. The van der Waals surface area contributed by atoms with E-state index in [1.165, 1.54) is 0 Å². The highest BCUT2D eigenvalue weighted by Gasteiger charge is 2.17. The highest BCUT2D eigenvalue weighted by molar-refractivity contribution is 6.39.